The van der Waals surface area contributed by atoms with E-state index >= 15 is 0 Å². The summed E-state index contributed by atoms with van der Waals surface area (Å²) in [5.41, 5.74) is 0.712. The lowest BCUT2D eigenvalue weighted by Gasteiger charge is -2.26. The maximum Gasteiger partial charge on any atom is 0.161 e. The number of ether oxygens (including phenoxy) is 2. The van der Waals surface area contributed by atoms with E-state index < -0.39 is 5.92 Å². The number of hydrogen-bond acceptors (Lipinski definition) is 4. The Morgan fingerprint density at radius 2 is 2.00 bits per heavy atom. The number of benzene rings is 1. The van der Waals surface area contributed by atoms with Crippen LogP contribution in [-0.4, -0.2) is 19.0 Å². The van der Waals surface area contributed by atoms with E-state index in [2.05, 4.69) is 6.07 Å². The van der Waals surface area contributed by atoms with Crippen LogP contribution < -0.4 is 9.47 Å². The number of ketones is 1. The van der Waals surface area contributed by atoms with E-state index in [-0.39, 0.29) is 11.7 Å². The normalized spacial score (nSPS) is 19.1. The number of Topliss-reactive ketones (excluding diaryl/α,β-unsaturated/α-hetero) is 1. The predicted molar refractivity (Wildman–Crippen MR) is 68.1 cm³/mol. The van der Waals surface area contributed by atoms with Gasteiger partial charge in [-0.05, 0) is 30.5 Å². The van der Waals surface area contributed by atoms with Crippen LogP contribution in [0.5, 0.6) is 11.5 Å². The molecule has 1 aliphatic carbocycles. The molecule has 1 aromatic carbocycles. The Kier molecular flexibility index (Phi) is 3.12. The molecule has 2 aliphatic rings. The lowest BCUT2D eigenvalue weighted by molar-refractivity contribution is -0.125. The first-order valence-electron chi connectivity index (χ1n) is 6.62. The Bertz CT molecular complexity index is 543. The van der Waals surface area contributed by atoms with Crippen LogP contribution in [0, 0.1) is 17.2 Å². The summed E-state index contributed by atoms with van der Waals surface area (Å²) >= 11 is 0. The maximum atomic E-state index is 12.2. The summed E-state index contributed by atoms with van der Waals surface area (Å²) in [7, 11) is 0. The largest absolute Gasteiger partial charge is 0.486 e. The van der Waals surface area contributed by atoms with Crippen molar-refractivity contribution < 1.29 is 14.3 Å². The number of fused-ring (bicyclic) bond motifs is 1. The molecule has 1 atom stereocenters. The average molecular weight is 257 g/mol. The first-order valence-corrected chi connectivity index (χ1v) is 6.62. The van der Waals surface area contributed by atoms with Gasteiger partial charge in [0.1, 0.15) is 19.1 Å². The summed E-state index contributed by atoms with van der Waals surface area (Å²) in [5, 5.41) is 9.28. The van der Waals surface area contributed by atoms with Gasteiger partial charge in [-0.2, -0.15) is 5.26 Å². The van der Waals surface area contributed by atoms with Gasteiger partial charge < -0.3 is 9.47 Å². The first kappa shape index (κ1) is 12.0. The van der Waals surface area contributed by atoms with Gasteiger partial charge in [0.2, 0.25) is 0 Å². The van der Waals surface area contributed by atoms with Crippen LogP contribution in [0.2, 0.25) is 0 Å². The predicted octanol–water partition coefficient (Wildman–Crippen LogP) is 2.43. The van der Waals surface area contributed by atoms with Crippen LogP contribution in [0.3, 0.4) is 0 Å². The second-order valence-corrected chi connectivity index (χ2v) is 5.00. The minimum Gasteiger partial charge on any atom is -0.486 e. The third-order valence-corrected chi connectivity index (χ3v) is 3.82. The molecule has 19 heavy (non-hydrogen) atoms. The Morgan fingerprint density at radius 1 is 1.26 bits per heavy atom. The van der Waals surface area contributed by atoms with Crippen molar-refractivity contribution in [1.82, 2.24) is 0 Å². The fourth-order valence-electron chi connectivity index (χ4n) is 2.47. The van der Waals surface area contributed by atoms with Gasteiger partial charge in [0.05, 0.1) is 6.07 Å². The molecule has 1 unspecified atom stereocenters. The van der Waals surface area contributed by atoms with Gasteiger partial charge in [0.15, 0.2) is 17.3 Å². The highest BCUT2D eigenvalue weighted by Crippen LogP contribution is 2.36. The number of hydrogen-bond donors (Lipinski definition) is 0. The summed E-state index contributed by atoms with van der Waals surface area (Å²) in [4.78, 5) is 12.2. The van der Waals surface area contributed by atoms with E-state index in [4.69, 9.17) is 9.47 Å². The summed E-state index contributed by atoms with van der Waals surface area (Å²) in [6.45, 7) is 1.04. The van der Waals surface area contributed by atoms with Crippen LogP contribution in [0.1, 0.15) is 30.7 Å². The zero-order valence-electron chi connectivity index (χ0n) is 10.6. The lowest BCUT2D eigenvalue weighted by Crippen LogP contribution is -2.27. The molecule has 0 radical (unpaired) electrons. The zero-order valence-corrected chi connectivity index (χ0v) is 10.6. The van der Waals surface area contributed by atoms with E-state index in [1.807, 2.05) is 0 Å². The smallest absolute Gasteiger partial charge is 0.161 e. The SMILES string of the molecule is N#CC(C(=O)C1CCC1)c1ccc2c(c1)OCCO2. The van der Waals surface area contributed by atoms with Crippen molar-refractivity contribution in [3.8, 4) is 17.6 Å². The highest BCUT2D eigenvalue weighted by molar-refractivity contribution is 5.91. The molecule has 0 aromatic heterocycles. The molecular formula is C15H15NO3. The molecule has 1 heterocycles. The molecule has 0 amide bonds. The number of carbonyl (C=O) groups is 1. The Hall–Kier alpha value is -2.02. The molecule has 4 nitrogen and oxygen atoms in total. The van der Waals surface area contributed by atoms with Crippen molar-refractivity contribution in [3.05, 3.63) is 23.8 Å². The third-order valence-electron chi connectivity index (χ3n) is 3.82. The fraction of sp³-hybridized carbons (Fsp3) is 0.467. The molecule has 3 rings (SSSR count). The van der Waals surface area contributed by atoms with Crippen molar-refractivity contribution in [2.45, 2.75) is 25.2 Å². The molecular weight excluding hydrogens is 242 g/mol. The molecule has 0 bridgehead atoms. The quantitative estimate of drug-likeness (QED) is 0.834. The fourth-order valence-corrected chi connectivity index (χ4v) is 2.47. The number of rotatable bonds is 3. The minimum atomic E-state index is -0.680. The summed E-state index contributed by atoms with van der Waals surface area (Å²) < 4.78 is 10.9. The highest BCUT2D eigenvalue weighted by Gasteiger charge is 2.32. The molecule has 1 fully saturated rings. The average Bonchev–Trinajstić information content (AvgIpc) is 2.37. The van der Waals surface area contributed by atoms with Gasteiger partial charge in [-0.25, -0.2) is 0 Å². The Balaban J connectivity index is 1.87. The monoisotopic (exact) mass is 257 g/mol. The van der Waals surface area contributed by atoms with E-state index in [0.717, 1.165) is 19.3 Å². The van der Waals surface area contributed by atoms with Crippen LogP contribution in [0.15, 0.2) is 18.2 Å². The van der Waals surface area contributed by atoms with Crippen LogP contribution in [-0.2, 0) is 4.79 Å². The van der Waals surface area contributed by atoms with Crippen molar-refractivity contribution in [2.24, 2.45) is 5.92 Å². The second kappa shape index (κ2) is 4.93. The van der Waals surface area contributed by atoms with Crippen molar-refractivity contribution in [2.75, 3.05) is 13.2 Å². The first-order chi connectivity index (χ1) is 9.29. The molecule has 1 saturated carbocycles. The number of carbonyl (C=O) groups excluding carboxylic acids is 1. The van der Waals surface area contributed by atoms with E-state index in [9.17, 15) is 10.1 Å². The van der Waals surface area contributed by atoms with Crippen molar-refractivity contribution >= 4 is 5.78 Å². The summed E-state index contributed by atoms with van der Waals surface area (Å²) in [6, 6.07) is 7.46. The van der Waals surface area contributed by atoms with Gasteiger partial charge in [0.25, 0.3) is 0 Å². The minimum absolute atomic E-state index is 0.0467. The highest BCUT2D eigenvalue weighted by atomic mass is 16.6. The standard InChI is InChI=1S/C15H15NO3/c16-9-12(15(17)10-2-1-3-10)11-4-5-13-14(8-11)19-7-6-18-13/h4-5,8,10,12H,1-3,6-7H2. The van der Waals surface area contributed by atoms with Crippen molar-refractivity contribution in [3.63, 3.8) is 0 Å². The Labute approximate surface area is 111 Å². The van der Waals surface area contributed by atoms with Crippen LogP contribution >= 0.6 is 0 Å². The lowest BCUT2D eigenvalue weighted by atomic mass is 9.76. The van der Waals surface area contributed by atoms with Gasteiger partial charge in [-0.15, -0.1) is 0 Å². The van der Waals surface area contributed by atoms with Crippen LogP contribution in [0.4, 0.5) is 0 Å². The van der Waals surface area contributed by atoms with Crippen LogP contribution in [0.25, 0.3) is 0 Å². The van der Waals surface area contributed by atoms with Crippen molar-refractivity contribution in [1.29, 1.82) is 5.26 Å². The molecule has 0 N–H and O–H groups in total. The maximum absolute atomic E-state index is 12.2. The number of nitrogens with zero attached hydrogens (tertiary/aromatic N) is 1. The summed E-state index contributed by atoms with van der Waals surface area (Å²) in [6.07, 6.45) is 2.93. The van der Waals surface area contributed by atoms with Gasteiger partial charge >= 0.3 is 0 Å². The van der Waals surface area contributed by atoms with E-state index in [0.29, 0.717) is 30.3 Å². The third kappa shape index (κ3) is 2.17. The van der Waals surface area contributed by atoms with E-state index in [1.54, 1.807) is 18.2 Å². The second-order valence-electron chi connectivity index (χ2n) is 5.00. The topological polar surface area (TPSA) is 59.3 Å². The molecule has 4 heteroatoms. The molecule has 98 valence electrons. The molecule has 1 aliphatic heterocycles. The molecule has 0 saturated heterocycles. The van der Waals surface area contributed by atoms with Gasteiger partial charge in [-0.1, -0.05) is 12.5 Å². The van der Waals surface area contributed by atoms with Gasteiger partial charge in [0, 0.05) is 5.92 Å². The molecule has 0 spiro atoms. The number of nitriles is 1. The summed E-state index contributed by atoms with van der Waals surface area (Å²) in [5.74, 6) is 0.748. The Morgan fingerprint density at radius 3 is 2.63 bits per heavy atom. The zero-order chi connectivity index (χ0) is 13.2. The van der Waals surface area contributed by atoms with E-state index in [1.165, 1.54) is 0 Å². The molecule has 1 aromatic rings. The van der Waals surface area contributed by atoms with Gasteiger partial charge in [-0.3, -0.25) is 4.79 Å².